The number of benzene rings is 7. The van der Waals surface area contributed by atoms with Gasteiger partial charge in [-0.15, -0.1) is 0 Å². The van der Waals surface area contributed by atoms with Crippen molar-refractivity contribution in [2.24, 2.45) is 0 Å². The average Bonchev–Trinajstić information content (AvgIpc) is 3.51. The van der Waals surface area contributed by atoms with E-state index in [-0.39, 0.29) is 0 Å². The second kappa shape index (κ2) is 13.5. The van der Waals surface area contributed by atoms with Crippen molar-refractivity contribution in [3.05, 3.63) is 206 Å². The molecule has 3 heteroatoms. The van der Waals surface area contributed by atoms with Crippen molar-refractivity contribution in [1.82, 2.24) is 4.57 Å². The quantitative estimate of drug-likeness (QED) is 0.145. The van der Waals surface area contributed by atoms with Gasteiger partial charge in [-0.1, -0.05) is 128 Å². The van der Waals surface area contributed by atoms with Gasteiger partial charge in [-0.25, -0.2) is 0 Å². The normalized spacial score (nSPS) is 11.6. The monoisotopic (exact) mass is 643 g/mol. The van der Waals surface area contributed by atoms with E-state index in [9.17, 15) is 0 Å². The molecule has 0 unspecified atom stereocenters. The van der Waals surface area contributed by atoms with Gasteiger partial charge >= 0.3 is 0 Å². The number of hydrogen-bond donors (Lipinski definition) is 0. The summed E-state index contributed by atoms with van der Waals surface area (Å²) in [5.74, 6) is 0. The first-order valence-corrected chi connectivity index (χ1v) is 17.0. The van der Waals surface area contributed by atoms with Crippen LogP contribution in [-0.4, -0.2) is 4.57 Å². The van der Waals surface area contributed by atoms with E-state index >= 15 is 0 Å². The Morgan fingerprint density at radius 2 is 1.10 bits per heavy atom. The van der Waals surface area contributed by atoms with Crippen LogP contribution in [0.5, 0.6) is 0 Å². The summed E-state index contributed by atoms with van der Waals surface area (Å²) in [7, 11) is 0. The number of rotatable bonds is 9. The molecule has 0 bridgehead atoms. The van der Waals surface area contributed by atoms with Crippen molar-refractivity contribution in [2.75, 3.05) is 9.80 Å². The molecule has 0 fully saturated rings. The van der Waals surface area contributed by atoms with Gasteiger partial charge in [0.2, 0.25) is 0 Å². The van der Waals surface area contributed by atoms with Crippen LogP contribution < -0.4 is 9.80 Å². The lowest BCUT2D eigenvalue weighted by atomic mass is 10.0. The molecule has 0 aliphatic rings. The molecular formula is C47H37N3. The Kier molecular flexibility index (Phi) is 8.30. The van der Waals surface area contributed by atoms with Crippen LogP contribution in [0.25, 0.3) is 38.3 Å². The van der Waals surface area contributed by atoms with Crippen molar-refractivity contribution >= 4 is 61.0 Å². The van der Waals surface area contributed by atoms with E-state index in [0.717, 1.165) is 50.9 Å². The first kappa shape index (κ1) is 30.7. The summed E-state index contributed by atoms with van der Waals surface area (Å²) >= 11 is 0. The highest BCUT2D eigenvalue weighted by Crippen LogP contribution is 2.43. The summed E-state index contributed by atoms with van der Waals surface area (Å²) in [4.78, 5) is 4.57. The molecule has 0 aliphatic carbocycles. The van der Waals surface area contributed by atoms with Crippen LogP contribution in [0.4, 0.5) is 28.4 Å². The van der Waals surface area contributed by atoms with Crippen LogP contribution in [0, 0.1) is 0 Å². The molecule has 0 atom stereocenters. The SMILES string of the molecule is C=C(/C=C\C=C/C)N(c1ccccc1)c1cc(N(c2ccccc2)c2ccccc2)cc(-n2c3ccccc3c3c4ccccc4ccc32)c1. The highest BCUT2D eigenvalue weighted by molar-refractivity contribution is 6.21. The number of para-hydroxylation sites is 4. The van der Waals surface area contributed by atoms with Crippen LogP contribution in [0.3, 0.4) is 0 Å². The van der Waals surface area contributed by atoms with Gasteiger partial charge in [0, 0.05) is 33.5 Å². The predicted molar refractivity (Wildman–Crippen MR) is 215 cm³/mol. The van der Waals surface area contributed by atoms with Crippen LogP contribution in [-0.2, 0) is 0 Å². The third-order valence-corrected chi connectivity index (χ3v) is 9.15. The topological polar surface area (TPSA) is 11.4 Å². The molecule has 0 amide bonds. The maximum Gasteiger partial charge on any atom is 0.0547 e. The lowest BCUT2D eigenvalue weighted by Crippen LogP contribution is -2.16. The largest absolute Gasteiger partial charge is 0.311 e. The molecular weight excluding hydrogens is 607 g/mol. The Balaban J connectivity index is 1.46. The maximum atomic E-state index is 4.58. The fourth-order valence-electron chi connectivity index (χ4n) is 7.00. The molecule has 8 aromatic rings. The van der Waals surface area contributed by atoms with E-state index < -0.39 is 0 Å². The molecule has 50 heavy (non-hydrogen) atoms. The van der Waals surface area contributed by atoms with Gasteiger partial charge in [0.25, 0.3) is 0 Å². The van der Waals surface area contributed by atoms with Gasteiger partial charge in [0.1, 0.15) is 0 Å². The third-order valence-electron chi connectivity index (χ3n) is 9.15. The first-order chi connectivity index (χ1) is 24.7. The molecule has 3 nitrogen and oxygen atoms in total. The smallest absolute Gasteiger partial charge is 0.0547 e. The fourth-order valence-corrected chi connectivity index (χ4v) is 7.00. The maximum absolute atomic E-state index is 4.58. The van der Waals surface area contributed by atoms with Crippen molar-refractivity contribution in [1.29, 1.82) is 0 Å². The molecule has 0 saturated heterocycles. The van der Waals surface area contributed by atoms with Crippen LogP contribution in [0.15, 0.2) is 206 Å². The summed E-state index contributed by atoms with van der Waals surface area (Å²) in [6, 6.07) is 60.5. The minimum absolute atomic E-state index is 0.858. The molecule has 1 aromatic heterocycles. The summed E-state index contributed by atoms with van der Waals surface area (Å²) in [5, 5.41) is 4.97. The van der Waals surface area contributed by atoms with E-state index in [2.05, 4.69) is 197 Å². The summed E-state index contributed by atoms with van der Waals surface area (Å²) in [6.45, 7) is 6.60. The van der Waals surface area contributed by atoms with Gasteiger partial charge < -0.3 is 14.4 Å². The Bertz CT molecular complexity index is 2470. The molecule has 0 spiro atoms. The minimum Gasteiger partial charge on any atom is -0.311 e. The van der Waals surface area contributed by atoms with Gasteiger partial charge in [-0.05, 0) is 90.5 Å². The van der Waals surface area contributed by atoms with Crippen molar-refractivity contribution in [3.63, 3.8) is 0 Å². The van der Waals surface area contributed by atoms with Gasteiger partial charge in [0.05, 0.1) is 28.1 Å². The highest BCUT2D eigenvalue weighted by atomic mass is 15.2. The van der Waals surface area contributed by atoms with E-state index in [0.29, 0.717) is 0 Å². The average molecular weight is 644 g/mol. The van der Waals surface area contributed by atoms with Crippen LogP contribution in [0.1, 0.15) is 6.92 Å². The van der Waals surface area contributed by atoms with Crippen molar-refractivity contribution in [3.8, 4) is 5.69 Å². The fraction of sp³-hybridized carbons (Fsp3) is 0.0213. The third kappa shape index (κ3) is 5.65. The number of allylic oxidation sites excluding steroid dienone is 4. The first-order valence-electron chi connectivity index (χ1n) is 17.0. The molecule has 7 aromatic carbocycles. The highest BCUT2D eigenvalue weighted by Gasteiger charge is 2.21. The molecule has 8 rings (SSSR count). The molecule has 0 N–H and O–H groups in total. The molecule has 1 heterocycles. The molecule has 0 saturated carbocycles. The van der Waals surface area contributed by atoms with E-state index in [1.165, 1.54) is 21.5 Å². The number of aromatic nitrogens is 1. The lowest BCUT2D eigenvalue weighted by Gasteiger charge is -2.30. The predicted octanol–water partition coefficient (Wildman–Crippen LogP) is 13.2. The second-order valence-corrected chi connectivity index (χ2v) is 12.3. The minimum atomic E-state index is 0.858. The molecule has 0 aliphatic heterocycles. The Hall–Kier alpha value is -6.58. The van der Waals surface area contributed by atoms with E-state index in [1.54, 1.807) is 0 Å². The standard InChI is InChI=1S/C47H37N3/c1-3-4-8-19-35(2)48(37-21-9-5-10-22-37)40-32-41(49(38-23-11-6-12-24-38)39-25-13-7-14-26-39)34-42(33-40)50-45-29-18-17-28-44(45)47-43-27-16-15-20-36(43)30-31-46(47)50/h3-34H,2H2,1H3/b4-3-,19-8-. The van der Waals surface area contributed by atoms with Crippen molar-refractivity contribution in [2.45, 2.75) is 6.92 Å². The number of anilines is 5. The van der Waals surface area contributed by atoms with Crippen LogP contribution >= 0.6 is 0 Å². The zero-order chi connectivity index (χ0) is 33.9. The van der Waals surface area contributed by atoms with Gasteiger partial charge in [0.15, 0.2) is 0 Å². The Morgan fingerprint density at radius 3 is 1.78 bits per heavy atom. The zero-order valence-corrected chi connectivity index (χ0v) is 28.0. The molecule has 0 radical (unpaired) electrons. The lowest BCUT2D eigenvalue weighted by molar-refractivity contribution is 1.15. The summed E-state index contributed by atoms with van der Waals surface area (Å²) in [6.07, 6.45) is 8.17. The Morgan fingerprint density at radius 1 is 0.520 bits per heavy atom. The zero-order valence-electron chi connectivity index (χ0n) is 28.0. The summed E-state index contributed by atoms with van der Waals surface area (Å²) < 4.78 is 2.42. The van der Waals surface area contributed by atoms with Crippen LogP contribution in [0.2, 0.25) is 0 Å². The van der Waals surface area contributed by atoms with E-state index in [4.69, 9.17) is 0 Å². The Labute approximate surface area is 293 Å². The number of hydrogen-bond acceptors (Lipinski definition) is 2. The van der Waals surface area contributed by atoms with Gasteiger partial charge in [-0.2, -0.15) is 0 Å². The van der Waals surface area contributed by atoms with Crippen molar-refractivity contribution < 1.29 is 0 Å². The molecule has 240 valence electrons. The van der Waals surface area contributed by atoms with Gasteiger partial charge in [-0.3, -0.25) is 0 Å². The summed E-state index contributed by atoms with van der Waals surface area (Å²) in [5.41, 5.74) is 9.46. The number of fused-ring (bicyclic) bond motifs is 5. The second-order valence-electron chi connectivity index (χ2n) is 12.3. The number of nitrogens with zero attached hydrogens (tertiary/aromatic N) is 3. The van der Waals surface area contributed by atoms with E-state index in [1.807, 2.05) is 25.2 Å².